The molecule has 2 heterocycles. The van der Waals surface area contributed by atoms with E-state index >= 15 is 0 Å². The Morgan fingerprint density at radius 2 is 1.89 bits per heavy atom. The van der Waals surface area contributed by atoms with E-state index in [0.717, 1.165) is 27.7 Å². The molecule has 3 aromatic rings. The Labute approximate surface area is 121 Å². The van der Waals surface area contributed by atoms with Crippen LogP contribution in [0.25, 0.3) is 22.2 Å². The molecule has 0 aliphatic heterocycles. The zero-order valence-corrected chi connectivity index (χ0v) is 11.7. The molecule has 0 aliphatic carbocycles. The number of hydrogen-bond acceptors (Lipinski definition) is 2. The summed E-state index contributed by atoms with van der Waals surface area (Å²) in [6.07, 6.45) is 1.74. The van der Waals surface area contributed by atoms with Gasteiger partial charge in [-0.1, -0.05) is 35.3 Å². The number of aromatic nitrogens is 2. The highest BCUT2D eigenvalue weighted by Gasteiger charge is 2.09. The molecule has 0 saturated carbocycles. The summed E-state index contributed by atoms with van der Waals surface area (Å²) in [7, 11) is 0. The Morgan fingerprint density at radius 3 is 2.68 bits per heavy atom. The van der Waals surface area contributed by atoms with Crippen molar-refractivity contribution in [3.63, 3.8) is 0 Å². The van der Waals surface area contributed by atoms with Gasteiger partial charge in [-0.2, -0.15) is 0 Å². The van der Waals surface area contributed by atoms with E-state index < -0.39 is 0 Å². The average molecular weight is 289 g/mol. The van der Waals surface area contributed by atoms with Gasteiger partial charge in [0, 0.05) is 17.1 Å². The van der Waals surface area contributed by atoms with Crippen molar-refractivity contribution in [2.24, 2.45) is 0 Å². The zero-order valence-electron chi connectivity index (χ0n) is 10.2. The number of aryl methyl sites for hydroxylation is 1. The highest BCUT2D eigenvalue weighted by molar-refractivity contribution is 6.35. The topological polar surface area (TPSA) is 25.8 Å². The largest absolute Gasteiger partial charge is 0.256 e. The fourth-order valence-electron chi connectivity index (χ4n) is 2.00. The van der Waals surface area contributed by atoms with Crippen LogP contribution in [0, 0.1) is 6.92 Å². The fraction of sp³-hybridized carbons (Fsp3) is 0.0667. The summed E-state index contributed by atoms with van der Waals surface area (Å²) in [5.74, 6) is 0. The quantitative estimate of drug-likeness (QED) is 0.595. The highest BCUT2D eigenvalue weighted by Crippen LogP contribution is 2.31. The zero-order chi connectivity index (χ0) is 13.4. The number of benzene rings is 1. The highest BCUT2D eigenvalue weighted by atomic mass is 35.5. The van der Waals surface area contributed by atoms with Crippen molar-refractivity contribution in [3.8, 4) is 11.3 Å². The molecule has 2 nitrogen and oxygen atoms in total. The molecule has 0 N–H and O–H groups in total. The van der Waals surface area contributed by atoms with Crippen LogP contribution in [-0.2, 0) is 0 Å². The third-order valence-corrected chi connectivity index (χ3v) is 3.55. The molecule has 0 saturated heterocycles. The lowest BCUT2D eigenvalue weighted by Gasteiger charge is -2.07. The van der Waals surface area contributed by atoms with Crippen LogP contribution in [0.15, 0.2) is 42.6 Å². The lowest BCUT2D eigenvalue weighted by atomic mass is 10.1. The Morgan fingerprint density at radius 1 is 1.05 bits per heavy atom. The van der Waals surface area contributed by atoms with Gasteiger partial charge in [-0.05, 0) is 36.8 Å². The van der Waals surface area contributed by atoms with Crippen molar-refractivity contribution in [2.45, 2.75) is 6.92 Å². The van der Waals surface area contributed by atoms with Crippen LogP contribution >= 0.6 is 23.2 Å². The normalized spacial score (nSPS) is 10.9. The second kappa shape index (κ2) is 4.80. The maximum atomic E-state index is 6.26. The summed E-state index contributed by atoms with van der Waals surface area (Å²) in [6.45, 7) is 2.00. The first-order valence-corrected chi connectivity index (χ1v) is 6.58. The summed E-state index contributed by atoms with van der Waals surface area (Å²) < 4.78 is 0. The molecule has 2 aromatic heterocycles. The standard InChI is InChI=1S/C15H10Cl2N2/c1-9-4-5-10(12(16)7-9)14-8-13-11(15(17)19-14)3-2-6-18-13/h2-8H,1H3. The first-order valence-electron chi connectivity index (χ1n) is 5.83. The minimum absolute atomic E-state index is 0.442. The molecule has 0 aliphatic rings. The number of fused-ring (bicyclic) bond motifs is 1. The summed E-state index contributed by atoms with van der Waals surface area (Å²) in [6, 6.07) is 11.5. The maximum Gasteiger partial charge on any atom is 0.139 e. The van der Waals surface area contributed by atoms with Crippen molar-refractivity contribution in [1.29, 1.82) is 0 Å². The maximum absolute atomic E-state index is 6.26. The van der Waals surface area contributed by atoms with E-state index in [-0.39, 0.29) is 0 Å². The molecule has 0 spiro atoms. The first-order chi connectivity index (χ1) is 9.15. The van der Waals surface area contributed by atoms with Crippen molar-refractivity contribution in [1.82, 2.24) is 9.97 Å². The van der Waals surface area contributed by atoms with E-state index in [1.54, 1.807) is 6.20 Å². The molecule has 0 unspecified atom stereocenters. The lowest BCUT2D eigenvalue weighted by molar-refractivity contribution is 1.32. The monoisotopic (exact) mass is 288 g/mol. The van der Waals surface area contributed by atoms with Gasteiger partial charge in [-0.25, -0.2) is 4.98 Å². The van der Waals surface area contributed by atoms with Crippen molar-refractivity contribution in [2.75, 3.05) is 0 Å². The summed E-state index contributed by atoms with van der Waals surface area (Å²) in [4.78, 5) is 8.71. The van der Waals surface area contributed by atoms with E-state index in [0.29, 0.717) is 10.2 Å². The molecule has 0 bridgehead atoms. The minimum Gasteiger partial charge on any atom is -0.256 e. The Bertz CT molecular complexity index is 769. The van der Waals surface area contributed by atoms with Gasteiger partial charge in [0.25, 0.3) is 0 Å². The van der Waals surface area contributed by atoms with E-state index in [4.69, 9.17) is 23.2 Å². The van der Waals surface area contributed by atoms with Crippen LogP contribution in [-0.4, -0.2) is 9.97 Å². The van der Waals surface area contributed by atoms with Crippen LogP contribution in [0.1, 0.15) is 5.56 Å². The van der Waals surface area contributed by atoms with Gasteiger partial charge in [0.05, 0.1) is 16.2 Å². The summed E-state index contributed by atoms with van der Waals surface area (Å²) in [5, 5.41) is 1.95. The second-order valence-corrected chi connectivity index (χ2v) is 5.12. The van der Waals surface area contributed by atoms with E-state index in [1.165, 1.54) is 0 Å². The molecular formula is C15H10Cl2N2. The third kappa shape index (κ3) is 2.29. The predicted octanol–water partition coefficient (Wildman–Crippen LogP) is 4.91. The van der Waals surface area contributed by atoms with E-state index in [1.807, 2.05) is 43.3 Å². The van der Waals surface area contributed by atoms with Gasteiger partial charge < -0.3 is 0 Å². The number of rotatable bonds is 1. The number of hydrogen-bond donors (Lipinski definition) is 0. The fourth-order valence-corrected chi connectivity index (χ4v) is 2.58. The predicted molar refractivity (Wildman–Crippen MR) is 79.7 cm³/mol. The van der Waals surface area contributed by atoms with Gasteiger partial charge >= 0.3 is 0 Å². The lowest BCUT2D eigenvalue weighted by Crippen LogP contribution is -1.89. The molecule has 3 rings (SSSR count). The SMILES string of the molecule is Cc1ccc(-c2cc3ncccc3c(Cl)n2)c(Cl)c1. The molecule has 0 atom stereocenters. The van der Waals surface area contributed by atoms with Crippen LogP contribution in [0.5, 0.6) is 0 Å². The van der Waals surface area contributed by atoms with Gasteiger partial charge in [-0.15, -0.1) is 0 Å². The van der Waals surface area contributed by atoms with Crippen LogP contribution in [0.4, 0.5) is 0 Å². The first kappa shape index (κ1) is 12.4. The minimum atomic E-state index is 0.442. The molecule has 0 amide bonds. The number of halogens is 2. The smallest absolute Gasteiger partial charge is 0.139 e. The van der Waals surface area contributed by atoms with Crippen LogP contribution in [0.3, 0.4) is 0 Å². The van der Waals surface area contributed by atoms with E-state index in [9.17, 15) is 0 Å². The molecule has 94 valence electrons. The summed E-state index contributed by atoms with van der Waals surface area (Å²) in [5.41, 5.74) is 3.52. The van der Waals surface area contributed by atoms with Crippen LogP contribution < -0.4 is 0 Å². The molecule has 0 radical (unpaired) electrons. The molecular weight excluding hydrogens is 279 g/mol. The summed E-state index contributed by atoms with van der Waals surface area (Å²) >= 11 is 12.5. The van der Waals surface area contributed by atoms with E-state index in [2.05, 4.69) is 9.97 Å². The Hall–Kier alpha value is -1.64. The van der Waals surface area contributed by atoms with Crippen LogP contribution in [0.2, 0.25) is 10.2 Å². The third-order valence-electron chi connectivity index (χ3n) is 2.95. The molecule has 4 heteroatoms. The Balaban J connectivity index is 2.25. The van der Waals surface area contributed by atoms with Crippen molar-refractivity contribution < 1.29 is 0 Å². The van der Waals surface area contributed by atoms with Gasteiger partial charge in [0.2, 0.25) is 0 Å². The molecule has 1 aromatic carbocycles. The molecule has 19 heavy (non-hydrogen) atoms. The number of pyridine rings is 2. The molecule has 0 fully saturated rings. The number of nitrogens with zero attached hydrogens (tertiary/aromatic N) is 2. The van der Waals surface area contributed by atoms with Crippen molar-refractivity contribution in [3.05, 3.63) is 58.3 Å². The van der Waals surface area contributed by atoms with Gasteiger partial charge in [0.1, 0.15) is 5.15 Å². The van der Waals surface area contributed by atoms with Crippen molar-refractivity contribution >= 4 is 34.1 Å². The average Bonchev–Trinajstić information content (AvgIpc) is 2.38. The second-order valence-electron chi connectivity index (χ2n) is 4.35. The van der Waals surface area contributed by atoms with Gasteiger partial charge in [0.15, 0.2) is 0 Å². The Kier molecular flexibility index (Phi) is 3.13. The van der Waals surface area contributed by atoms with Gasteiger partial charge in [-0.3, -0.25) is 4.98 Å².